The maximum atomic E-state index is 12.1. The quantitative estimate of drug-likeness (QED) is 0.702. The monoisotopic (exact) mass is 281 g/mol. The molecule has 2 unspecified atom stereocenters. The summed E-state index contributed by atoms with van der Waals surface area (Å²) in [5.41, 5.74) is 0. The first kappa shape index (κ1) is 15.3. The number of hydrogen-bond donors (Lipinski definition) is 3. The van der Waals surface area contributed by atoms with Crippen LogP contribution in [0, 0.1) is 5.92 Å². The highest BCUT2D eigenvalue weighted by Gasteiger charge is 2.23. The molecular weight excluding hydrogens is 254 g/mol. The molecule has 0 aromatic rings. The molecule has 1 saturated carbocycles. The van der Waals surface area contributed by atoms with Gasteiger partial charge in [0.1, 0.15) is 0 Å². The van der Waals surface area contributed by atoms with Gasteiger partial charge in [-0.3, -0.25) is 9.59 Å². The smallest absolute Gasteiger partial charge is 0.223 e. The van der Waals surface area contributed by atoms with E-state index < -0.39 is 0 Å². The number of carbonyl (C=O) groups is 2. The molecule has 2 amide bonds. The van der Waals surface area contributed by atoms with E-state index in [4.69, 9.17) is 0 Å². The van der Waals surface area contributed by atoms with Crippen molar-refractivity contribution in [1.29, 1.82) is 0 Å². The Labute approximate surface area is 121 Å². The number of hydrogen-bond acceptors (Lipinski definition) is 3. The van der Waals surface area contributed by atoms with Crippen molar-refractivity contribution in [3.05, 3.63) is 0 Å². The second-order valence-corrected chi connectivity index (χ2v) is 6.21. The lowest BCUT2D eigenvalue weighted by Crippen LogP contribution is -2.43. The molecule has 0 aromatic heterocycles. The van der Waals surface area contributed by atoms with Gasteiger partial charge in [-0.15, -0.1) is 0 Å². The van der Waals surface area contributed by atoms with Gasteiger partial charge in [0.05, 0.1) is 0 Å². The van der Waals surface area contributed by atoms with E-state index in [2.05, 4.69) is 16.0 Å². The highest BCUT2D eigenvalue weighted by Crippen LogP contribution is 2.23. The Bertz CT molecular complexity index is 334. The molecule has 5 heteroatoms. The van der Waals surface area contributed by atoms with Crippen molar-refractivity contribution in [1.82, 2.24) is 16.0 Å². The van der Waals surface area contributed by atoms with Crippen LogP contribution in [-0.2, 0) is 9.59 Å². The van der Waals surface area contributed by atoms with Crippen molar-refractivity contribution in [2.24, 2.45) is 5.92 Å². The summed E-state index contributed by atoms with van der Waals surface area (Å²) in [4.78, 5) is 24.0. The first-order chi connectivity index (χ1) is 9.65. The molecule has 1 heterocycles. The van der Waals surface area contributed by atoms with Crippen molar-refractivity contribution >= 4 is 11.8 Å². The maximum absolute atomic E-state index is 12.1. The lowest BCUT2D eigenvalue weighted by atomic mass is 9.88. The predicted molar refractivity (Wildman–Crippen MR) is 78.2 cm³/mol. The summed E-state index contributed by atoms with van der Waals surface area (Å²) in [6, 6.07) is 0.169. The number of amides is 2. The third kappa shape index (κ3) is 4.78. The zero-order chi connectivity index (χ0) is 14.4. The minimum absolute atomic E-state index is 0.0372. The highest BCUT2D eigenvalue weighted by atomic mass is 16.2. The van der Waals surface area contributed by atoms with Gasteiger partial charge in [-0.05, 0) is 32.7 Å². The van der Waals surface area contributed by atoms with Crippen LogP contribution in [0.15, 0.2) is 0 Å². The van der Waals surface area contributed by atoms with Gasteiger partial charge >= 0.3 is 0 Å². The van der Waals surface area contributed by atoms with Gasteiger partial charge in [0.2, 0.25) is 11.8 Å². The molecular formula is C15H27N3O2. The minimum atomic E-state index is -0.0845. The first-order valence-electron chi connectivity index (χ1n) is 7.95. The number of rotatable bonds is 5. The Morgan fingerprint density at radius 3 is 2.60 bits per heavy atom. The van der Waals surface area contributed by atoms with Crippen molar-refractivity contribution in [2.45, 2.75) is 64.0 Å². The van der Waals surface area contributed by atoms with E-state index in [0.717, 1.165) is 45.2 Å². The summed E-state index contributed by atoms with van der Waals surface area (Å²) >= 11 is 0. The average Bonchev–Trinajstić information content (AvgIpc) is 2.92. The van der Waals surface area contributed by atoms with Crippen LogP contribution < -0.4 is 16.0 Å². The SMILES string of the molecule is CC(CC(=O)NC1CCNC1)NC(=O)C1CCCCC1. The normalized spacial score (nSPS) is 25.1. The van der Waals surface area contributed by atoms with Gasteiger partial charge in [0, 0.05) is 31.0 Å². The van der Waals surface area contributed by atoms with Gasteiger partial charge in [-0.2, -0.15) is 0 Å². The average molecular weight is 281 g/mol. The zero-order valence-electron chi connectivity index (χ0n) is 12.4. The summed E-state index contributed by atoms with van der Waals surface area (Å²) in [5, 5.41) is 9.22. The fraction of sp³-hybridized carbons (Fsp3) is 0.867. The van der Waals surface area contributed by atoms with Gasteiger partial charge < -0.3 is 16.0 Å². The lowest BCUT2D eigenvalue weighted by molar-refractivity contribution is -0.127. The molecule has 2 aliphatic rings. The van der Waals surface area contributed by atoms with E-state index in [1.54, 1.807) is 0 Å². The van der Waals surface area contributed by atoms with E-state index >= 15 is 0 Å². The van der Waals surface area contributed by atoms with E-state index in [-0.39, 0.29) is 29.8 Å². The number of nitrogens with one attached hydrogen (secondary N) is 3. The Hall–Kier alpha value is -1.10. The molecule has 0 radical (unpaired) electrons. The minimum Gasteiger partial charge on any atom is -0.353 e. The van der Waals surface area contributed by atoms with E-state index in [1.807, 2.05) is 6.92 Å². The summed E-state index contributed by atoms with van der Waals surface area (Å²) in [6.07, 6.45) is 6.92. The molecule has 5 nitrogen and oxygen atoms in total. The van der Waals surface area contributed by atoms with Crippen molar-refractivity contribution < 1.29 is 9.59 Å². The highest BCUT2D eigenvalue weighted by molar-refractivity contribution is 5.81. The van der Waals surface area contributed by atoms with Crippen LogP contribution in [0.4, 0.5) is 0 Å². The maximum Gasteiger partial charge on any atom is 0.223 e. The van der Waals surface area contributed by atoms with Crippen LogP contribution in [0.2, 0.25) is 0 Å². The van der Waals surface area contributed by atoms with E-state index in [0.29, 0.717) is 6.42 Å². The molecule has 0 aromatic carbocycles. The van der Waals surface area contributed by atoms with E-state index in [9.17, 15) is 9.59 Å². The third-order valence-corrected chi connectivity index (χ3v) is 4.28. The van der Waals surface area contributed by atoms with Crippen molar-refractivity contribution in [3.63, 3.8) is 0 Å². The van der Waals surface area contributed by atoms with Gasteiger partial charge in [0.15, 0.2) is 0 Å². The molecule has 2 rings (SSSR count). The molecule has 2 atom stereocenters. The fourth-order valence-electron chi connectivity index (χ4n) is 3.12. The van der Waals surface area contributed by atoms with Gasteiger partial charge in [-0.1, -0.05) is 19.3 Å². The second-order valence-electron chi connectivity index (χ2n) is 6.21. The number of carbonyl (C=O) groups excluding carboxylic acids is 2. The van der Waals surface area contributed by atoms with Crippen molar-refractivity contribution in [2.75, 3.05) is 13.1 Å². The molecule has 0 bridgehead atoms. The lowest BCUT2D eigenvalue weighted by Gasteiger charge is -2.23. The van der Waals surface area contributed by atoms with Crippen LogP contribution in [0.5, 0.6) is 0 Å². The molecule has 114 valence electrons. The summed E-state index contributed by atoms with van der Waals surface area (Å²) in [6.45, 7) is 3.74. The topological polar surface area (TPSA) is 70.2 Å². The van der Waals surface area contributed by atoms with Crippen LogP contribution >= 0.6 is 0 Å². The molecule has 2 fully saturated rings. The Balaban J connectivity index is 1.66. The third-order valence-electron chi connectivity index (χ3n) is 4.28. The van der Waals surface area contributed by atoms with Crippen molar-refractivity contribution in [3.8, 4) is 0 Å². The standard InChI is InChI=1S/C15H27N3O2/c1-11(9-14(19)18-13-7-8-16-10-13)17-15(20)12-5-3-2-4-6-12/h11-13,16H,2-10H2,1H3,(H,17,20)(H,18,19). The molecule has 1 aliphatic carbocycles. The van der Waals surface area contributed by atoms with Crippen LogP contribution in [0.25, 0.3) is 0 Å². The fourth-order valence-corrected chi connectivity index (χ4v) is 3.12. The van der Waals surface area contributed by atoms with E-state index in [1.165, 1.54) is 6.42 Å². The summed E-state index contributed by atoms with van der Waals surface area (Å²) in [7, 11) is 0. The van der Waals surface area contributed by atoms with Gasteiger partial charge in [0.25, 0.3) is 0 Å². The predicted octanol–water partition coefficient (Wildman–Crippen LogP) is 0.940. The Morgan fingerprint density at radius 1 is 1.20 bits per heavy atom. The van der Waals surface area contributed by atoms with Crippen LogP contribution in [0.1, 0.15) is 51.9 Å². The largest absolute Gasteiger partial charge is 0.353 e. The molecule has 1 aliphatic heterocycles. The van der Waals surface area contributed by atoms with Crippen LogP contribution in [0.3, 0.4) is 0 Å². The molecule has 1 saturated heterocycles. The second kappa shape index (κ2) is 7.62. The molecule has 20 heavy (non-hydrogen) atoms. The first-order valence-corrected chi connectivity index (χ1v) is 7.95. The van der Waals surface area contributed by atoms with Gasteiger partial charge in [-0.25, -0.2) is 0 Å². The molecule has 0 spiro atoms. The summed E-state index contributed by atoms with van der Waals surface area (Å²) < 4.78 is 0. The Kier molecular flexibility index (Phi) is 5.83. The summed E-state index contributed by atoms with van der Waals surface area (Å²) in [5.74, 6) is 0.330. The molecule has 3 N–H and O–H groups in total. The Morgan fingerprint density at radius 2 is 1.95 bits per heavy atom. The zero-order valence-corrected chi connectivity index (χ0v) is 12.4. The van der Waals surface area contributed by atoms with Crippen LogP contribution in [-0.4, -0.2) is 37.0 Å².